The Hall–Kier alpha value is -0.610. The van der Waals surface area contributed by atoms with Gasteiger partial charge in [0.2, 0.25) is 0 Å². The highest BCUT2D eigenvalue weighted by atomic mass is 16.5. The van der Waals surface area contributed by atoms with Gasteiger partial charge in [-0.15, -0.1) is 0 Å². The monoisotopic (exact) mass is 256 g/mol. The summed E-state index contributed by atoms with van der Waals surface area (Å²) in [6.45, 7) is 13.0. The minimum absolute atomic E-state index is 0.0518. The summed E-state index contributed by atoms with van der Waals surface area (Å²) in [5.74, 6) is -0.0583. The number of carbonyl (C=O) groups is 1. The third-order valence-corrected chi connectivity index (χ3v) is 3.95. The first-order chi connectivity index (χ1) is 8.63. The summed E-state index contributed by atoms with van der Waals surface area (Å²) >= 11 is 0. The van der Waals surface area contributed by atoms with E-state index in [-0.39, 0.29) is 12.0 Å². The Morgan fingerprint density at radius 1 is 1.06 bits per heavy atom. The van der Waals surface area contributed by atoms with E-state index in [0.29, 0.717) is 12.6 Å². The van der Waals surface area contributed by atoms with E-state index >= 15 is 0 Å². The van der Waals surface area contributed by atoms with Gasteiger partial charge in [-0.1, -0.05) is 13.8 Å². The summed E-state index contributed by atoms with van der Waals surface area (Å²) < 4.78 is 5.15. The maximum Gasteiger partial charge on any atom is 0.323 e. The van der Waals surface area contributed by atoms with Crippen LogP contribution in [0.2, 0.25) is 0 Å². The smallest absolute Gasteiger partial charge is 0.323 e. The van der Waals surface area contributed by atoms with Crippen LogP contribution in [0.4, 0.5) is 0 Å². The second-order valence-corrected chi connectivity index (χ2v) is 5.01. The summed E-state index contributed by atoms with van der Waals surface area (Å²) in [6.07, 6.45) is 2.03. The Kier molecular flexibility index (Phi) is 6.65. The molecular formula is C14H28N2O2. The van der Waals surface area contributed by atoms with Crippen molar-refractivity contribution in [2.75, 3.05) is 32.8 Å². The van der Waals surface area contributed by atoms with Gasteiger partial charge in [0.25, 0.3) is 0 Å². The van der Waals surface area contributed by atoms with Crippen molar-refractivity contribution in [3.63, 3.8) is 0 Å². The molecule has 1 heterocycles. The molecule has 4 nitrogen and oxygen atoms in total. The van der Waals surface area contributed by atoms with Gasteiger partial charge in [0.05, 0.1) is 6.61 Å². The minimum atomic E-state index is -0.0583. The van der Waals surface area contributed by atoms with E-state index in [4.69, 9.17) is 4.74 Å². The largest absolute Gasteiger partial charge is 0.465 e. The van der Waals surface area contributed by atoms with Crippen LogP contribution < -0.4 is 0 Å². The quantitative estimate of drug-likeness (QED) is 0.678. The fourth-order valence-corrected chi connectivity index (χ4v) is 2.56. The molecule has 18 heavy (non-hydrogen) atoms. The highest BCUT2D eigenvalue weighted by Gasteiger charge is 2.29. The van der Waals surface area contributed by atoms with E-state index in [1.165, 1.54) is 6.42 Å². The second-order valence-electron chi connectivity index (χ2n) is 5.01. The van der Waals surface area contributed by atoms with Gasteiger partial charge in [0.15, 0.2) is 0 Å². The van der Waals surface area contributed by atoms with Crippen molar-refractivity contribution in [3.8, 4) is 0 Å². The number of ether oxygens (including phenoxy) is 1. The van der Waals surface area contributed by atoms with Gasteiger partial charge in [-0.25, -0.2) is 0 Å². The number of hydrogen-bond donors (Lipinski definition) is 0. The van der Waals surface area contributed by atoms with Crippen LogP contribution in [0.5, 0.6) is 0 Å². The SMILES string of the molecule is CCOC(=O)C(CC)N1CCN(C(C)CC)CC1. The van der Waals surface area contributed by atoms with Gasteiger partial charge >= 0.3 is 5.97 Å². The van der Waals surface area contributed by atoms with Crippen LogP contribution in [0.15, 0.2) is 0 Å². The highest BCUT2D eigenvalue weighted by Crippen LogP contribution is 2.13. The number of esters is 1. The van der Waals surface area contributed by atoms with Crippen molar-refractivity contribution in [2.24, 2.45) is 0 Å². The van der Waals surface area contributed by atoms with Gasteiger partial charge in [-0.3, -0.25) is 14.6 Å². The average Bonchev–Trinajstić information content (AvgIpc) is 2.40. The minimum Gasteiger partial charge on any atom is -0.465 e. The molecule has 1 aliphatic rings. The molecule has 1 rings (SSSR count). The summed E-state index contributed by atoms with van der Waals surface area (Å²) in [5.41, 5.74) is 0. The maximum atomic E-state index is 11.9. The Balaban J connectivity index is 2.47. The molecule has 0 aromatic carbocycles. The molecule has 0 aliphatic carbocycles. The van der Waals surface area contributed by atoms with Crippen LogP contribution in [0, 0.1) is 0 Å². The third kappa shape index (κ3) is 3.95. The van der Waals surface area contributed by atoms with Crippen LogP contribution in [0.3, 0.4) is 0 Å². The Morgan fingerprint density at radius 3 is 2.06 bits per heavy atom. The lowest BCUT2D eigenvalue weighted by molar-refractivity contribution is -0.150. The average molecular weight is 256 g/mol. The molecule has 0 N–H and O–H groups in total. The second kappa shape index (κ2) is 7.74. The third-order valence-electron chi connectivity index (χ3n) is 3.95. The van der Waals surface area contributed by atoms with E-state index in [9.17, 15) is 4.79 Å². The van der Waals surface area contributed by atoms with Crippen molar-refractivity contribution in [3.05, 3.63) is 0 Å². The molecule has 0 amide bonds. The van der Waals surface area contributed by atoms with Gasteiger partial charge in [0, 0.05) is 32.2 Å². The van der Waals surface area contributed by atoms with E-state index in [0.717, 1.165) is 32.6 Å². The summed E-state index contributed by atoms with van der Waals surface area (Å²) in [4.78, 5) is 16.7. The van der Waals surface area contributed by atoms with E-state index in [1.807, 2.05) is 6.92 Å². The highest BCUT2D eigenvalue weighted by molar-refractivity contribution is 5.75. The zero-order chi connectivity index (χ0) is 13.5. The van der Waals surface area contributed by atoms with Gasteiger partial charge < -0.3 is 4.74 Å². The molecule has 0 spiro atoms. The van der Waals surface area contributed by atoms with Crippen LogP contribution in [0.1, 0.15) is 40.5 Å². The molecule has 0 saturated carbocycles. The molecule has 0 aromatic rings. The van der Waals surface area contributed by atoms with Gasteiger partial charge in [-0.05, 0) is 26.7 Å². The number of nitrogens with zero attached hydrogens (tertiary/aromatic N) is 2. The van der Waals surface area contributed by atoms with Crippen molar-refractivity contribution in [2.45, 2.75) is 52.6 Å². The molecule has 1 aliphatic heterocycles. The zero-order valence-electron chi connectivity index (χ0n) is 12.3. The van der Waals surface area contributed by atoms with Crippen molar-refractivity contribution >= 4 is 5.97 Å². The van der Waals surface area contributed by atoms with Crippen LogP contribution in [0.25, 0.3) is 0 Å². The molecule has 2 atom stereocenters. The van der Waals surface area contributed by atoms with Crippen molar-refractivity contribution < 1.29 is 9.53 Å². The molecular weight excluding hydrogens is 228 g/mol. The number of piperazine rings is 1. The number of carbonyl (C=O) groups excluding carboxylic acids is 1. The van der Waals surface area contributed by atoms with Crippen LogP contribution in [-0.2, 0) is 9.53 Å². The zero-order valence-corrected chi connectivity index (χ0v) is 12.3. The lowest BCUT2D eigenvalue weighted by Crippen LogP contribution is -2.54. The lowest BCUT2D eigenvalue weighted by Gasteiger charge is -2.40. The lowest BCUT2D eigenvalue weighted by atomic mass is 10.1. The predicted molar refractivity (Wildman–Crippen MR) is 73.6 cm³/mol. The Labute approximate surface area is 111 Å². The molecule has 2 unspecified atom stereocenters. The molecule has 0 aromatic heterocycles. The molecule has 0 radical (unpaired) electrons. The Morgan fingerprint density at radius 2 is 1.61 bits per heavy atom. The first-order valence-corrected chi connectivity index (χ1v) is 7.28. The maximum absolute atomic E-state index is 11.9. The first kappa shape index (κ1) is 15.4. The van der Waals surface area contributed by atoms with E-state index in [2.05, 4.69) is 30.6 Å². The summed E-state index contributed by atoms with van der Waals surface area (Å²) in [6, 6.07) is 0.596. The predicted octanol–water partition coefficient (Wildman–Crippen LogP) is 1.74. The van der Waals surface area contributed by atoms with E-state index in [1.54, 1.807) is 0 Å². The first-order valence-electron chi connectivity index (χ1n) is 7.28. The van der Waals surface area contributed by atoms with Crippen molar-refractivity contribution in [1.82, 2.24) is 9.80 Å². The normalized spacial score (nSPS) is 21.6. The molecule has 4 heteroatoms. The Bertz CT molecular complexity index is 250. The topological polar surface area (TPSA) is 32.8 Å². The number of rotatable bonds is 6. The van der Waals surface area contributed by atoms with Gasteiger partial charge in [0.1, 0.15) is 6.04 Å². The fraction of sp³-hybridized carbons (Fsp3) is 0.929. The van der Waals surface area contributed by atoms with Crippen LogP contribution in [-0.4, -0.2) is 60.6 Å². The van der Waals surface area contributed by atoms with Crippen molar-refractivity contribution in [1.29, 1.82) is 0 Å². The fourth-order valence-electron chi connectivity index (χ4n) is 2.56. The number of hydrogen-bond acceptors (Lipinski definition) is 4. The van der Waals surface area contributed by atoms with Crippen LogP contribution >= 0.6 is 0 Å². The standard InChI is InChI=1S/C14H28N2O2/c1-5-12(4)15-8-10-16(11-9-15)13(6-2)14(17)18-7-3/h12-13H,5-11H2,1-4H3. The molecule has 1 saturated heterocycles. The van der Waals surface area contributed by atoms with Gasteiger partial charge in [-0.2, -0.15) is 0 Å². The molecule has 106 valence electrons. The summed E-state index contributed by atoms with van der Waals surface area (Å²) in [5, 5.41) is 0. The molecule has 1 fully saturated rings. The molecule has 0 bridgehead atoms. The van der Waals surface area contributed by atoms with E-state index < -0.39 is 0 Å². The summed E-state index contributed by atoms with van der Waals surface area (Å²) in [7, 11) is 0.